The van der Waals surface area contributed by atoms with E-state index in [1.807, 2.05) is 42.5 Å². The first-order chi connectivity index (χ1) is 10.2. The maximum absolute atomic E-state index is 6.23. The number of nitrogens with one attached hydrogen (secondary N) is 2. The Morgan fingerprint density at radius 3 is 2.71 bits per heavy atom. The Bertz CT molecular complexity index is 807. The van der Waals surface area contributed by atoms with Gasteiger partial charge in [0.1, 0.15) is 5.82 Å². The maximum atomic E-state index is 6.23. The lowest BCUT2D eigenvalue weighted by Gasteiger charge is -2.12. The van der Waals surface area contributed by atoms with Crippen molar-refractivity contribution in [3.63, 3.8) is 0 Å². The highest BCUT2D eigenvalue weighted by Gasteiger charge is 2.09. The first kappa shape index (κ1) is 14.1. The van der Waals surface area contributed by atoms with Gasteiger partial charge in [-0.2, -0.15) is 4.98 Å². The van der Waals surface area contributed by atoms with E-state index in [9.17, 15) is 0 Å². The predicted molar refractivity (Wildman–Crippen MR) is 91.5 cm³/mol. The molecular formula is C15H12BrClN4. The molecule has 21 heavy (non-hydrogen) atoms. The van der Waals surface area contributed by atoms with Gasteiger partial charge in [0.2, 0.25) is 5.95 Å². The molecule has 0 atom stereocenters. The molecule has 0 amide bonds. The first-order valence-electron chi connectivity index (χ1n) is 6.34. The number of aromatic nitrogens is 2. The van der Waals surface area contributed by atoms with Gasteiger partial charge in [0.05, 0.1) is 16.2 Å². The molecule has 1 heterocycles. The Kier molecular flexibility index (Phi) is 3.94. The van der Waals surface area contributed by atoms with Gasteiger partial charge in [-0.05, 0) is 30.3 Å². The molecule has 0 fully saturated rings. The van der Waals surface area contributed by atoms with Gasteiger partial charge in [0.15, 0.2) is 0 Å². The number of nitrogens with zero attached hydrogens (tertiary/aromatic N) is 2. The second-order valence-corrected chi connectivity index (χ2v) is 5.74. The monoisotopic (exact) mass is 362 g/mol. The van der Waals surface area contributed by atoms with Gasteiger partial charge >= 0.3 is 0 Å². The van der Waals surface area contributed by atoms with E-state index in [2.05, 4.69) is 36.5 Å². The number of para-hydroxylation sites is 1. The van der Waals surface area contributed by atoms with E-state index in [0.717, 1.165) is 21.1 Å². The van der Waals surface area contributed by atoms with E-state index in [0.29, 0.717) is 16.8 Å². The maximum Gasteiger partial charge on any atom is 0.224 e. The minimum absolute atomic E-state index is 0.558. The molecule has 0 spiro atoms. The van der Waals surface area contributed by atoms with Gasteiger partial charge in [-0.1, -0.05) is 39.7 Å². The molecule has 1 aromatic heterocycles. The minimum Gasteiger partial charge on any atom is -0.357 e. The Morgan fingerprint density at radius 1 is 1.10 bits per heavy atom. The number of hydrogen-bond donors (Lipinski definition) is 2. The summed E-state index contributed by atoms with van der Waals surface area (Å²) in [6.07, 6.45) is 0. The standard InChI is InChI=1S/C15H12BrClN4/c1-18-15-20-12-5-3-2-4-10(12)14(21-15)19-13-8-9(16)6-7-11(13)17/h2-8H,1H3,(H2,18,19,20,21). The molecule has 2 N–H and O–H groups in total. The zero-order valence-electron chi connectivity index (χ0n) is 11.2. The van der Waals surface area contributed by atoms with Crippen molar-refractivity contribution in [3.8, 4) is 0 Å². The van der Waals surface area contributed by atoms with Crippen molar-refractivity contribution in [2.75, 3.05) is 17.7 Å². The number of hydrogen-bond acceptors (Lipinski definition) is 4. The molecule has 2 aromatic carbocycles. The van der Waals surface area contributed by atoms with Crippen molar-refractivity contribution < 1.29 is 0 Å². The fourth-order valence-corrected chi connectivity index (χ4v) is 2.53. The fraction of sp³-hybridized carbons (Fsp3) is 0.0667. The lowest BCUT2D eigenvalue weighted by Crippen LogP contribution is -2.02. The summed E-state index contributed by atoms with van der Waals surface area (Å²) in [5, 5.41) is 7.81. The second kappa shape index (κ2) is 5.87. The molecule has 0 aliphatic heterocycles. The number of anilines is 3. The fourth-order valence-electron chi connectivity index (χ4n) is 2.00. The van der Waals surface area contributed by atoms with Crippen LogP contribution >= 0.6 is 27.5 Å². The molecule has 0 aliphatic rings. The quantitative estimate of drug-likeness (QED) is 0.699. The van der Waals surface area contributed by atoms with Gasteiger partial charge < -0.3 is 10.6 Å². The van der Waals surface area contributed by atoms with Gasteiger partial charge in [-0.25, -0.2) is 4.98 Å². The molecular weight excluding hydrogens is 352 g/mol. The van der Waals surface area contributed by atoms with Crippen LogP contribution in [0.2, 0.25) is 5.02 Å². The van der Waals surface area contributed by atoms with E-state index < -0.39 is 0 Å². The lowest BCUT2D eigenvalue weighted by atomic mass is 10.2. The van der Waals surface area contributed by atoms with Crippen molar-refractivity contribution in [1.29, 1.82) is 0 Å². The summed E-state index contributed by atoms with van der Waals surface area (Å²) in [6.45, 7) is 0. The molecule has 0 bridgehead atoms. The zero-order valence-corrected chi connectivity index (χ0v) is 13.5. The number of rotatable bonds is 3. The van der Waals surface area contributed by atoms with E-state index in [-0.39, 0.29) is 0 Å². The molecule has 0 aliphatic carbocycles. The third-order valence-electron chi connectivity index (χ3n) is 3.01. The van der Waals surface area contributed by atoms with Crippen molar-refractivity contribution in [2.45, 2.75) is 0 Å². The highest BCUT2D eigenvalue weighted by atomic mass is 79.9. The van der Waals surface area contributed by atoms with Crippen LogP contribution in [0.25, 0.3) is 10.9 Å². The van der Waals surface area contributed by atoms with E-state index in [1.54, 1.807) is 7.05 Å². The number of fused-ring (bicyclic) bond motifs is 1. The van der Waals surface area contributed by atoms with E-state index in [4.69, 9.17) is 11.6 Å². The molecule has 106 valence electrons. The Balaban J connectivity index is 2.13. The van der Waals surface area contributed by atoms with Gasteiger partial charge in [-0.15, -0.1) is 0 Å². The largest absolute Gasteiger partial charge is 0.357 e. The molecule has 0 unspecified atom stereocenters. The minimum atomic E-state index is 0.558. The van der Waals surface area contributed by atoms with Gasteiger partial charge in [-0.3, -0.25) is 0 Å². The molecule has 4 nitrogen and oxygen atoms in total. The highest BCUT2D eigenvalue weighted by molar-refractivity contribution is 9.10. The lowest BCUT2D eigenvalue weighted by molar-refractivity contribution is 1.19. The van der Waals surface area contributed by atoms with Crippen LogP contribution in [0.3, 0.4) is 0 Å². The van der Waals surface area contributed by atoms with Crippen molar-refractivity contribution in [3.05, 3.63) is 52.0 Å². The van der Waals surface area contributed by atoms with Crippen molar-refractivity contribution in [2.24, 2.45) is 0 Å². The van der Waals surface area contributed by atoms with Gasteiger partial charge in [0.25, 0.3) is 0 Å². The van der Waals surface area contributed by atoms with Crippen LogP contribution in [0.1, 0.15) is 0 Å². The number of benzene rings is 2. The summed E-state index contributed by atoms with van der Waals surface area (Å²) in [6, 6.07) is 13.5. The van der Waals surface area contributed by atoms with Crippen LogP contribution in [0.5, 0.6) is 0 Å². The van der Waals surface area contributed by atoms with E-state index in [1.165, 1.54) is 0 Å². The molecule has 6 heteroatoms. The molecule has 0 saturated heterocycles. The van der Waals surface area contributed by atoms with E-state index >= 15 is 0 Å². The average Bonchev–Trinajstić information content (AvgIpc) is 2.50. The molecule has 0 radical (unpaired) electrons. The van der Waals surface area contributed by atoms with Gasteiger partial charge in [0, 0.05) is 16.9 Å². The van der Waals surface area contributed by atoms with Crippen LogP contribution in [0.15, 0.2) is 46.9 Å². The SMILES string of the molecule is CNc1nc(Nc2cc(Br)ccc2Cl)c2ccccc2n1. The normalized spacial score (nSPS) is 10.6. The average molecular weight is 364 g/mol. The van der Waals surface area contributed by atoms with Crippen molar-refractivity contribution in [1.82, 2.24) is 9.97 Å². The third kappa shape index (κ3) is 2.94. The Morgan fingerprint density at radius 2 is 1.90 bits per heavy atom. The smallest absolute Gasteiger partial charge is 0.224 e. The summed E-state index contributed by atoms with van der Waals surface area (Å²) < 4.78 is 0.946. The molecule has 0 saturated carbocycles. The second-order valence-electron chi connectivity index (χ2n) is 4.41. The van der Waals surface area contributed by atoms with Crippen LogP contribution in [0.4, 0.5) is 17.5 Å². The van der Waals surface area contributed by atoms with Crippen LogP contribution in [-0.4, -0.2) is 17.0 Å². The molecule has 3 aromatic rings. The van der Waals surface area contributed by atoms with Crippen molar-refractivity contribution >= 4 is 55.9 Å². The summed E-state index contributed by atoms with van der Waals surface area (Å²) >= 11 is 9.67. The van der Waals surface area contributed by atoms with Crippen LogP contribution < -0.4 is 10.6 Å². The van der Waals surface area contributed by atoms with Crippen LogP contribution in [0, 0.1) is 0 Å². The first-order valence-corrected chi connectivity index (χ1v) is 7.51. The highest BCUT2D eigenvalue weighted by Crippen LogP contribution is 2.31. The summed E-state index contributed by atoms with van der Waals surface area (Å²) in [7, 11) is 1.79. The zero-order chi connectivity index (χ0) is 14.8. The number of halogens is 2. The topological polar surface area (TPSA) is 49.8 Å². The van der Waals surface area contributed by atoms with Crippen LogP contribution in [-0.2, 0) is 0 Å². The summed E-state index contributed by atoms with van der Waals surface area (Å²) in [5.74, 6) is 1.27. The summed E-state index contributed by atoms with van der Waals surface area (Å²) in [4.78, 5) is 8.91. The Labute approximate surface area is 135 Å². The predicted octanol–water partition coefficient (Wildman–Crippen LogP) is 4.83. The Hall–Kier alpha value is -1.85. The molecule has 3 rings (SSSR count). The third-order valence-corrected chi connectivity index (χ3v) is 3.83. The summed E-state index contributed by atoms with van der Waals surface area (Å²) in [5.41, 5.74) is 1.66.